The van der Waals surface area contributed by atoms with Gasteiger partial charge in [-0.05, 0) is 36.8 Å². The topological polar surface area (TPSA) is 71.5 Å². The Morgan fingerprint density at radius 3 is 2.88 bits per heavy atom. The van der Waals surface area contributed by atoms with E-state index in [2.05, 4.69) is 10.3 Å². The molecule has 2 amide bonds. The van der Waals surface area contributed by atoms with Crippen molar-refractivity contribution in [3.8, 4) is 5.75 Å². The SMILES string of the molecule is COc1cccc2sc(NC(=O)c3cccc(N4CCCC4=O)c3)nc12. The zero-order chi connectivity index (χ0) is 18.1. The molecule has 0 bridgehead atoms. The van der Waals surface area contributed by atoms with Crippen molar-refractivity contribution in [1.29, 1.82) is 0 Å². The van der Waals surface area contributed by atoms with Crippen LogP contribution >= 0.6 is 11.3 Å². The van der Waals surface area contributed by atoms with Crippen molar-refractivity contribution in [3.05, 3.63) is 48.0 Å². The average molecular weight is 367 g/mol. The van der Waals surface area contributed by atoms with Crippen molar-refractivity contribution in [2.45, 2.75) is 12.8 Å². The number of fused-ring (bicyclic) bond motifs is 1. The second-order valence-corrected chi connectivity index (χ2v) is 7.01. The average Bonchev–Trinajstić information content (AvgIpc) is 3.27. The summed E-state index contributed by atoms with van der Waals surface area (Å²) in [6, 6.07) is 12.8. The highest BCUT2D eigenvalue weighted by Gasteiger charge is 2.22. The summed E-state index contributed by atoms with van der Waals surface area (Å²) in [5.41, 5.74) is 1.98. The Hall–Kier alpha value is -2.93. The first kappa shape index (κ1) is 16.5. The molecule has 2 heterocycles. The molecule has 0 radical (unpaired) electrons. The fourth-order valence-corrected chi connectivity index (χ4v) is 3.93. The number of hydrogen-bond donors (Lipinski definition) is 1. The Morgan fingerprint density at radius 1 is 1.27 bits per heavy atom. The van der Waals surface area contributed by atoms with Crippen molar-refractivity contribution >= 4 is 44.2 Å². The van der Waals surface area contributed by atoms with Crippen LogP contribution in [0.5, 0.6) is 5.75 Å². The number of rotatable bonds is 4. The Morgan fingerprint density at radius 2 is 2.12 bits per heavy atom. The number of thiazole rings is 1. The minimum atomic E-state index is -0.253. The van der Waals surface area contributed by atoms with Crippen LogP contribution in [0, 0.1) is 0 Å². The predicted octanol–water partition coefficient (Wildman–Crippen LogP) is 3.68. The molecular weight excluding hydrogens is 350 g/mol. The molecule has 1 fully saturated rings. The Kier molecular flexibility index (Phi) is 4.30. The lowest BCUT2D eigenvalue weighted by Crippen LogP contribution is -2.24. The van der Waals surface area contributed by atoms with E-state index < -0.39 is 0 Å². The molecule has 0 spiro atoms. The highest BCUT2D eigenvalue weighted by atomic mass is 32.1. The summed E-state index contributed by atoms with van der Waals surface area (Å²) in [6.45, 7) is 0.696. The second kappa shape index (κ2) is 6.76. The van der Waals surface area contributed by atoms with E-state index in [1.807, 2.05) is 24.3 Å². The summed E-state index contributed by atoms with van der Waals surface area (Å²) >= 11 is 1.39. The monoisotopic (exact) mass is 367 g/mol. The highest BCUT2D eigenvalue weighted by Crippen LogP contribution is 2.32. The maximum Gasteiger partial charge on any atom is 0.257 e. The first-order chi connectivity index (χ1) is 12.7. The number of carbonyl (C=O) groups excluding carboxylic acids is 2. The molecular formula is C19H17N3O3S. The van der Waals surface area contributed by atoms with E-state index in [-0.39, 0.29) is 11.8 Å². The van der Waals surface area contributed by atoms with Crippen LogP contribution in [-0.2, 0) is 4.79 Å². The third-order valence-electron chi connectivity index (χ3n) is 4.32. The van der Waals surface area contributed by atoms with E-state index in [9.17, 15) is 9.59 Å². The molecule has 26 heavy (non-hydrogen) atoms. The van der Waals surface area contributed by atoms with Gasteiger partial charge in [-0.1, -0.05) is 23.5 Å². The van der Waals surface area contributed by atoms with Crippen LogP contribution in [0.1, 0.15) is 23.2 Å². The van der Waals surface area contributed by atoms with Crippen LogP contribution in [0.15, 0.2) is 42.5 Å². The van der Waals surface area contributed by atoms with Gasteiger partial charge in [0.25, 0.3) is 5.91 Å². The molecule has 1 saturated heterocycles. The Balaban J connectivity index is 1.58. The normalized spacial score (nSPS) is 14.0. The fraction of sp³-hybridized carbons (Fsp3) is 0.211. The molecule has 1 aromatic heterocycles. The minimum absolute atomic E-state index is 0.0980. The predicted molar refractivity (Wildman–Crippen MR) is 102 cm³/mol. The molecule has 132 valence electrons. The van der Waals surface area contributed by atoms with Gasteiger partial charge in [0, 0.05) is 24.2 Å². The zero-order valence-corrected chi connectivity index (χ0v) is 15.0. The van der Waals surface area contributed by atoms with E-state index in [1.165, 1.54) is 11.3 Å². The van der Waals surface area contributed by atoms with Gasteiger partial charge in [0.15, 0.2) is 5.13 Å². The number of para-hydroxylation sites is 1. The number of anilines is 2. The second-order valence-electron chi connectivity index (χ2n) is 5.98. The van der Waals surface area contributed by atoms with Crippen molar-refractivity contribution in [2.75, 3.05) is 23.9 Å². The van der Waals surface area contributed by atoms with Crippen molar-refractivity contribution in [2.24, 2.45) is 0 Å². The van der Waals surface area contributed by atoms with E-state index in [1.54, 1.807) is 30.2 Å². The summed E-state index contributed by atoms with van der Waals surface area (Å²) < 4.78 is 6.25. The maximum atomic E-state index is 12.6. The third kappa shape index (κ3) is 3.01. The van der Waals surface area contributed by atoms with Gasteiger partial charge in [-0.3, -0.25) is 14.9 Å². The number of aromatic nitrogens is 1. The van der Waals surface area contributed by atoms with Crippen LogP contribution in [-0.4, -0.2) is 30.5 Å². The number of nitrogens with one attached hydrogen (secondary N) is 1. The lowest BCUT2D eigenvalue weighted by atomic mass is 10.2. The smallest absolute Gasteiger partial charge is 0.257 e. The molecule has 1 N–H and O–H groups in total. The minimum Gasteiger partial charge on any atom is -0.494 e. The standard InChI is InChI=1S/C19H17N3O3S/c1-25-14-7-3-8-15-17(14)20-19(26-15)21-18(24)12-5-2-6-13(11-12)22-10-4-9-16(22)23/h2-3,5-8,11H,4,9-10H2,1H3,(H,20,21,24). The van der Waals surface area contributed by atoms with Crippen molar-refractivity contribution in [1.82, 2.24) is 4.98 Å². The van der Waals surface area contributed by atoms with Gasteiger partial charge in [0.1, 0.15) is 11.3 Å². The van der Waals surface area contributed by atoms with Gasteiger partial charge < -0.3 is 9.64 Å². The molecule has 0 saturated carbocycles. The summed E-state index contributed by atoms with van der Waals surface area (Å²) in [6.07, 6.45) is 1.41. The first-order valence-corrected chi connectivity index (χ1v) is 9.12. The summed E-state index contributed by atoms with van der Waals surface area (Å²) in [4.78, 5) is 30.7. The summed E-state index contributed by atoms with van der Waals surface area (Å²) in [7, 11) is 1.59. The highest BCUT2D eigenvalue weighted by molar-refractivity contribution is 7.22. The van der Waals surface area contributed by atoms with E-state index >= 15 is 0 Å². The Bertz CT molecular complexity index is 999. The largest absolute Gasteiger partial charge is 0.494 e. The first-order valence-electron chi connectivity index (χ1n) is 8.31. The summed E-state index contributed by atoms with van der Waals surface area (Å²) in [5.74, 6) is 0.520. The Labute approximate surface area is 154 Å². The number of ether oxygens (including phenoxy) is 1. The van der Waals surface area contributed by atoms with Gasteiger partial charge in [-0.15, -0.1) is 0 Å². The van der Waals surface area contributed by atoms with Crippen LogP contribution < -0.4 is 15.0 Å². The van der Waals surface area contributed by atoms with Gasteiger partial charge >= 0.3 is 0 Å². The number of carbonyl (C=O) groups is 2. The molecule has 1 aliphatic heterocycles. The molecule has 0 atom stereocenters. The zero-order valence-electron chi connectivity index (χ0n) is 14.2. The van der Waals surface area contributed by atoms with Gasteiger partial charge in [0.05, 0.1) is 11.8 Å². The van der Waals surface area contributed by atoms with Crippen LogP contribution in [0.3, 0.4) is 0 Å². The number of methoxy groups -OCH3 is 1. The van der Waals surface area contributed by atoms with Crippen molar-refractivity contribution < 1.29 is 14.3 Å². The third-order valence-corrected chi connectivity index (χ3v) is 5.25. The lowest BCUT2D eigenvalue weighted by molar-refractivity contribution is -0.117. The van der Waals surface area contributed by atoms with Gasteiger partial charge in [0.2, 0.25) is 5.91 Å². The van der Waals surface area contributed by atoms with Crippen LogP contribution in [0.4, 0.5) is 10.8 Å². The molecule has 0 unspecified atom stereocenters. The fourth-order valence-electron chi connectivity index (χ4n) is 3.05. The van der Waals surface area contributed by atoms with Crippen molar-refractivity contribution in [3.63, 3.8) is 0 Å². The van der Waals surface area contributed by atoms with E-state index in [0.717, 1.165) is 22.3 Å². The maximum absolute atomic E-state index is 12.6. The summed E-state index contributed by atoms with van der Waals surface area (Å²) in [5, 5.41) is 3.35. The molecule has 3 aromatic rings. The van der Waals surface area contributed by atoms with Crippen LogP contribution in [0.2, 0.25) is 0 Å². The quantitative estimate of drug-likeness (QED) is 0.763. The number of benzene rings is 2. The molecule has 7 heteroatoms. The van der Waals surface area contributed by atoms with E-state index in [0.29, 0.717) is 29.4 Å². The number of nitrogens with zero attached hydrogens (tertiary/aromatic N) is 2. The van der Waals surface area contributed by atoms with E-state index in [4.69, 9.17) is 4.74 Å². The van der Waals surface area contributed by atoms with Gasteiger partial charge in [-0.2, -0.15) is 0 Å². The molecule has 6 nitrogen and oxygen atoms in total. The number of amides is 2. The molecule has 4 rings (SSSR count). The van der Waals surface area contributed by atoms with Crippen LogP contribution in [0.25, 0.3) is 10.2 Å². The molecule has 1 aliphatic rings. The van der Waals surface area contributed by atoms with Gasteiger partial charge in [-0.25, -0.2) is 4.98 Å². The molecule has 0 aliphatic carbocycles. The number of hydrogen-bond acceptors (Lipinski definition) is 5. The molecule has 2 aromatic carbocycles. The lowest BCUT2D eigenvalue weighted by Gasteiger charge is -2.16.